The lowest BCUT2D eigenvalue weighted by Crippen LogP contribution is -2.38. The number of nitrogens with zero attached hydrogens (tertiary/aromatic N) is 4. The Bertz CT molecular complexity index is 1410. The molecule has 0 bridgehead atoms. The molecule has 1 saturated heterocycles. The summed E-state index contributed by atoms with van der Waals surface area (Å²) in [6, 6.07) is 10.1. The molecule has 1 aliphatic rings. The fourth-order valence-corrected chi connectivity index (χ4v) is 5.15. The molecule has 1 N–H and O–H groups in total. The van der Waals surface area contributed by atoms with Crippen molar-refractivity contribution >= 4 is 23.1 Å². The fourth-order valence-electron chi connectivity index (χ4n) is 5.15. The average Bonchev–Trinajstić information content (AvgIpc) is 3.41. The van der Waals surface area contributed by atoms with Gasteiger partial charge in [-0.05, 0) is 62.2 Å². The van der Waals surface area contributed by atoms with Gasteiger partial charge in [-0.1, -0.05) is 39.8 Å². The highest BCUT2D eigenvalue weighted by Gasteiger charge is 2.46. The Morgan fingerprint density at radius 3 is 2.55 bits per heavy atom. The number of aromatic nitrogens is 2. The monoisotopic (exact) mass is 548 g/mol. The molecule has 3 heterocycles. The smallest absolute Gasteiger partial charge is 0.295 e. The molecule has 0 radical (unpaired) electrons. The first-order chi connectivity index (χ1) is 19.2. The van der Waals surface area contributed by atoms with Gasteiger partial charge in [0.1, 0.15) is 11.3 Å². The number of aliphatic hydroxyl groups excluding tert-OH is 1. The summed E-state index contributed by atoms with van der Waals surface area (Å²) in [6.07, 6.45) is 2.68. The fraction of sp³-hybridized carbons (Fsp3) is 0.452. The van der Waals surface area contributed by atoms with Crippen molar-refractivity contribution in [1.29, 1.82) is 0 Å². The Morgan fingerprint density at radius 2 is 1.88 bits per heavy atom. The molecule has 3 aromatic rings. The number of benzene rings is 1. The van der Waals surface area contributed by atoms with Crippen LogP contribution in [0, 0.1) is 12.8 Å². The number of carbonyl (C=O) groups excluding carboxylic acids is 2. The van der Waals surface area contributed by atoms with E-state index in [-0.39, 0.29) is 11.3 Å². The molecule has 1 fully saturated rings. The number of amides is 1. The minimum Gasteiger partial charge on any atom is -0.505 e. The van der Waals surface area contributed by atoms with Crippen LogP contribution in [0.25, 0.3) is 11.4 Å². The van der Waals surface area contributed by atoms with Gasteiger partial charge in [0.2, 0.25) is 0 Å². The molecule has 4 rings (SSSR count). The van der Waals surface area contributed by atoms with Crippen LogP contribution in [0.1, 0.15) is 57.1 Å². The second-order valence-corrected chi connectivity index (χ2v) is 10.4. The third kappa shape index (κ3) is 5.70. The van der Waals surface area contributed by atoms with Crippen LogP contribution in [0.2, 0.25) is 0 Å². The first-order valence-electron chi connectivity index (χ1n) is 14.0. The zero-order valence-corrected chi connectivity index (χ0v) is 24.3. The van der Waals surface area contributed by atoms with Crippen molar-refractivity contribution in [1.82, 2.24) is 19.2 Å². The normalized spacial score (nSPS) is 17.0. The van der Waals surface area contributed by atoms with E-state index in [2.05, 4.69) is 37.6 Å². The molecule has 1 unspecified atom stereocenters. The number of Topliss-reactive ketones (excluding diaryl/α,β-unsaturated/α-hetero) is 1. The number of hydrogen-bond acceptors (Lipinski definition) is 7. The molecule has 9 heteroatoms. The third-order valence-electron chi connectivity index (χ3n) is 7.48. The highest BCUT2D eigenvalue weighted by atomic mass is 16.5. The molecule has 1 aromatic carbocycles. The summed E-state index contributed by atoms with van der Waals surface area (Å²) < 4.78 is 13.4. The van der Waals surface area contributed by atoms with Crippen LogP contribution in [0.4, 0.5) is 0 Å². The van der Waals surface area contributed by atoms with Gasteiger partial charge in [-0.25, -0.2) is 4.98 Å². The van der Waals surface area contributed by atoms with E-state index in [1.807, 2.05) is 24.3 Å². The lowest BCUT2D eigenvalue weighted by atomic mass is 9.96. The van der Waals surface area contributed by atoms with Crippen molar-refractivity contribution in [2.24, 2.45) is 5.92 Å². The van der Waals surface area contributed by atoms with Crippen LogP contribution in [-0.4, -0.2) is 75.9 Å². The van der Waals surface area contributed by atoms with E-state index < -0.39 is 17.7 Å². The number of ketones is 1. The van der Waals surface area contributed by atoms with Gasteiger partial charge in [-0.3, -0.25) is 14.0 Å². The zero-order valence-electron chi connectivity index (χ0n) is 24.3. The maximum atomic E-state index is 13.6. The molecular weight excluding hydrogens is 508 g/mol. The number of aliphatic hydroxyl groups is 1. The third-order valence-corrected chi connectivity index (χ3v) is 7.48. The molecule has 1 aliphatic heterocycles. The van der Waals surface area contributed by atoms with E-state index in [4.69, 9.17) is 9.47 Å². The standard InChI is InChI=1S/C31H40N4O5/c1-7-33(8-2)16-17-35-28(22-12-13-23(24(19-22)39-6)40-18-14-20(3)4)26(30(37)31(35)38)29(36)27-21(5)32-25-11-9-10-15-34(25)27/h9-13,15,19-20,28,36H,7-8,14,16-18H2,1-6H3. The number of imidazole rings is 1. The van der Waals surface area contributed by atoms with Crippen LogP contribution in [-0.2, 0) is 9.59 Å². The minimum absolute atomic E-state index is 0.0360. The zero-order chi connectivity index (χ0) is 29.0. The van der Waals surface area contributed by atoms with Crippen LogP contribution in [0.15, 0.2) is 48.2 Å². The number of hydrogen-bond donors (Lipinski definition) is 1. The topological polar surface area (TPSA) is 96.6 Å². The Labute approximate surface area is 236 Å². The number of carbonyl (C=O) groups is 2. The number of fused-ring (bicyclic) bond motifs is 1. The van der Waals surface area contributed by atoms with Gasteiger partial charge in [0, 0.05) is 19.3 Å². The maximum absolute atomic E-state index is 13.6. The predicted molar refractivity (Wildman–Crippen MR) is 155 cm³/mol. The van der Waals surface area contributed by atoms with Crippen LogP contribution < -0.4 is 9.47 Å². The van der Waals surface area contributed by atoms with E-state index >= 15 is 0 Å². The molecule has 9 nitrogen and oxygen atoms in total. The Kier molecular flexibility index (Phi) is 9.14. The lowest BCUT2D eigenvalue weighted by Gasteiger charge is -2.28. The van der Waals surface area contributed by atoms with Gasteiger partial charge in [0.15, 0.2) is 17.3 Å². The van der Waals surface area contributed by atoms with Gasteiger partial charge in [0.05, 0.1) is 31.0 Å². The van der Waals surface area contributed by atoms with E-state index in [1.165, 1.54) is 0 Å². The molecule has 0 aliphatic carbocycles. The lowest BCUT2D eigenvalue weighted by molar-refractivity contribution is -0.140. The number of rotatable bonds is 12. The van der Waals surface area contributed by atoms with Crippen molar-refractivity contribution in [2.45, 2.75) is 47.1 Å². The largest absolute Gasteiger partial charge is 0.505 e. The van der Waals surface area contributed by atoms with Gasteiger partial charge in [-0.2, -0.15) is 0 Å². The molecule has 214 valence electrons. The number of methoxy groups -OCH3 is 1. The van der Waals surface area contributed by atoms with E-state index in [0.717, 1.165) is 19.5 Å². The van der Waals surface area contributed by atoms with E-state index in [1.54, 1.807) is 41.7 Å². The molecule has 0 saturated carbocycles. The average molecular weight is 549 g/mol. The summed E-state index contributed by atoms with van der Waals surface area (Å²) in [5, 5.41) is 11.7. The van der Waals surface area contributed by atoms with Crippen molar-refractivity contribution < 1.29 is 24.2 Å². The Morgan fingerprint density at radius 1 is 1.12 bits per heavy atom. The first kappa shape index (κ1) is 29.1. The molecule has 1 amide bonds. The molecule has 2 aromatic heterocycles. The second kappa shape index (κ2) is 12.6. The van der Waals surface area contributed by atoms with Crippen LogP contribution >= 0.6 is 0 Å². The van der Waals surface area contributed by atoms with Gasteiger partial charge in [-0.15, -0.1) is 0 Å². The highest BCUT2D eigenvalue weighted by Crippen LogP contribution is 2.42. The van der Waals surface area contributed by atoms with Crippen LogP contribution in [0.5, 0.6) is 11.5 Å². The quantitative estimate of drug-likeness (QED) is 0.197. The summed E-state index contributed by atoms with van der Waals surface area (Å²) in [6.45, 7) is 13.3. The second-order valence-electron chi connectivity index (χ2n) is 10.4. The Balaban J connectivity index is 1.84. The van der Waals surface area contributed by atoms with Crippen molar-refractivity contribution in [3.63, 3.8) is 0 Å². The molecule has 0 spiro atoms. The van der Waals surface area contributed by atoms with Crippen molar-refractivity contribution in [2.75, 3.05) is 39.9 Å². The summed E-state index contributed by atoms with van der Waals surface area (Å²) in [5.41, 5.74) is 2.28. The van der Waals surface area contributed by atoms with E-state index in [9.17, 15) is 14.7 Å². The minimum atomic E-state index is -0.803. The van der Waals surface area contributed by atoms with Gasteiger partial charge < -0.3 is 24.4 Å². The number of ether oxygens (including phenoxy) is 2. The van der Waals surface area contributed by atoms with Gasteiger partial charge >= 0.3 is 0 Å². The van der Waals surface area contributed by atoms with Crippen LogP contribution in [0.3, 0.4) is 0 Å². The number of pyridine rings is 1. The SMILES string of the molecule is CCN(CC)CCN1C(=O)C(=O)C(=C(O)c2c(C)nc3ccccn23)C1c1ccc(OCCC(C)C)c(OC)c1. The summed E-state index contributed by atoms with van der Waals surface area (Å²) in [7, 11) is 1.56. The number of likely N-dealkylation sites (tertiary alicyclic amines) is 1. The van der Waals surface area contributed by atoms with Crippen molar-refractivity contribution in [3.8, 4) is 11.5 Å². The number of likely N-dealkylation sites (N-methyl/N-ethyl adjacent to an activating group) is 1. The summed E-state index contributed by atoms with van der Waals surface area (Å²) >= 11 is 0. The molecule has 1 atom stereocenters. The molecule has 40 heavy (non-hydrogen) atoms. The maximum Gasteiger partial charge on any atom is 0.295 e. The number of aryl methyl sites for hydroxylation is 1. The first-order valence-corrected chi connectivity index (χ1v) is 14.0. The predicted octanol–water partition coefficient (Wildman–Crippen LogP) is 4.84. The van der Waals surface area contributed by atoms with Crippen molar-refractivity contribution in [3.05, 3.63) is 65.1 Å². The highest BCUT2D eigenvalue weighted by molar-refractivity contribution is 6.46. The summed E-state index contributed by atoms with van der Waals surface area (Å²) in [4.78, 5) is 35.3. The Hall–Kier alpha value is -3.85. The molecular formula is C31H40N4O5. The van der Waals surface area contributed by atoms with Gasteiger partial charge in [0.25, 0.3) is 11.7 Å². The van der Waals surface area contributed by atoms with E-state index in [0.29, 0.717) is 59.7 Å². The summed E-state index contributed by atoms with van der Waals surface area (Å²) in [5.74, 6) is -0.0174.